The third-order valence-corrected chi connectivity index (χ3v) is 2.98. The molecule has 17 heavy (non-hydrogen) atoms. The molecule has 0 aliphatic carbocycles. The molecular formula is C10H15ClN4O2. The van der Waals surface area contributed by atoms with Crippen LogP contribution in [0.5, 0.6) is 0 Å². The molecule has 6 nitrogen and oxygen atoms in total. The SMILES string of the molecule is Cc1nc(N2CCCO[C@@H](CO)C2)nnc1Cl. The molecule has 1 aromatic rings. The number of aromatic nitrogens is 3. The van der Waals surface area contributed by atoms with E-state index in [4.69, 9.17) is 21.4 Å². The molecule has 2 heterocycles. The van der Waals surface area contributed by atoms with Gasteiger partial charge >= 0.3 is 0 Å². The summed E-state index contributed by atoms with van der Waals surface area (Å²) >= 11 is 5.79. The Balaban J connectivity index is 2.16. The predicted octanol–water partition coefficient (Wildman–Crippen LogP) is 0.421. The van der Waals surface area contributed by atoms with Crippen LogP contribution in [0.2, 0.25) is 5.15 Å². The summed E-state index contributed by atoms with van der Waals surface area (Å²) in [6.45, 7) is 3.79. The van der Waals surface area contributed by atoms with Gasteiger partial charge in [-0.05, 0) is 13.3 Å². The fraction of sp³-hybridized carbons (Fsp3) is 0.700. The van der Waals surface area contributed by atoms with Gasteiger partial charge in [-0.1, -0.05) is 11.6 Å². The molecule has 0 bridgehead atoms. The number of aliphatic hydroxyl groups excluding tert-OH is 1. The number of hydrogen-bond acceptors (Lipinski definition) is 6. The molecule has 1 N–H and O–H groups in total. The zero-order chi connectivity index (χ0) is 12.3. The minimum Gasteiger partial charge on any atom is -0.394 e. The van der Waals surface area contributed by atoms with Crippen LogP contribution in [-0.2, 0) is 4.74 Å². The normalized spacial score (nSPS) is 21.4. The van der Waals surface area contributed by atoms with Gasteiger partial charge in [0.25, 0.3) is 0 Å². The maximum absolute atomic E-state index is 9.15. The average Bonchev–Trinajstić information content (AvgIpc) is 2.58. The summed E-state index contributed by atoms with van der Waals surface area (Å²) in [6.07, 6.45) is 0.679. The Bertz CT molecular complexity index is 391. The summed E-state index contributed by atoms with van der Waals surface area (Å²) in [5.74, 6) is 0.538. The molecule has 0 radical (unpaired) electrons. The van der Waals surface area contributed by atoms with E-state index in [1.807, 2.05) is 4.90 Å². The first-order valence-corrected chi connectivity index (χ1v) is 5.92. The Morgan fingerprint density at radius 3 is 3.06 bits per heavy atom. The molecule has 1 fully saturated rings. The van der Waals surface area contributed by atoms with Gasteiger partial charge in [0.1, 0.15) is 0 Å². The van der Waals surface area contributed by atoms with Crippen LogP contribution in [0.3, 0.4) is 0 Å². The Hall–Kier alpha value is -0.980. The molecule has 0 saturated carbocycles. The topological polar surface area (TPSA) is 71.4 Å². The van der Waals surface area contributed by atoms with Crippen LogP contribution in [-0.4, -0.2) is 52.7 Å². The fourth-order valence-electron chi connectivity index (χ4n) is 1.70. The summed E-state index contributed by atoms with van der Waals surface area (Å²) in [5.41, 5.74) is 0.655. The van der Waals surface area contributed by atoms with E-state index in [2.05, 4.69) is 15.2 Å². The summed E-state index contributed by atoms with van der Waals surface area (Å²) in [4.78, 5) is 6.25. The van der Waals surface area contributed by atoms with Crippen molar-refractivity contribution in [3.63, 3.8) is 0 Å². The van der Waals surface area contributed by atoms with Crippen molar-refractivity contribution in [2.45, 2.75) is 19.4 Å². The lowest BCUT2D eigenvalue weighted by molar-refractivity contribution is 0.0266. The van der Waals surface area contributed by atoms with Crippen LogP contribution in [0.15, 0.2) is 0 Å². The van der Waals surface area contributed by atoms with Crippen molar-refractivity contribution < 1.29 is 9.84 Å². The Morgan fingerprint density at radius 1 is 1.53 bits per heavy atom. The standard InChI is InChI=1S/C10H15ClN4O2/c1-7-9(11)13-14-10(12-7)15-3-2-4-17-8(5-15)6-16/h8,16H,2-6H2,1H3/t8-/m1/s1. The van der Waals surface area contributed by atoms with Crippen molar-refractivity contribution in [2.24, 2.45) is 0 Å². The monoisotopic (exact) mass is 258 g/mol. The summed E-state index contributed by atoms with van der Waals surface area (Å²) in [6, 6.07) is 0. The number of rotatable bonds is 2. The molecule has 0 aromatic carbocycles. The Kier molecular flexibility index (Phi) is 4.09. The Morgan fingerprint density at radius 2 is 2.35 bits per heavy atom. The number of anilines is 1. The van der Waals surface area contributed by atoms with Crippen LogP contribution < -0.4 is 4.90 Å². The van der Waals surface area contributed by atoms with E-state index >= 15 is 0 Å². The van der Waals surface area contributed by atoms with Gasteiger partial charge in [0, 0.05) is 19.7 Å². The van der Waals surface area contributed by atoms with Crippen molar-refractivity contribution in [3.05, 3.63) is 10.8 Å². The lowest BCUT2D eigenvalue weighted by atomic mass is 10.3. The van der Waals surface area contributed by atoms with Crippen LogP contribution in [0, 0.1) is 6.92 Å². The molecule has 2 rings (SSSR count). The maximum atomic E-state index is 9.15. The number of nitrogens with zero attached hydrogens (tertiary/aromatic N) is 4. The molecule has 0 spiro atoms. The molecular weight excluding hydrogens is 244 g/mol. The van der Waals surface area contributed by atoms with Gasteiger partial charge in [0.2, 0.25) is 5.95 Å². The quantitative estimate of drug-likeness (QED) is 0.829. The highest BCUT2D eigenvalue weighted by Crippen LogP contribution is 2.15. The number of hydrogen-bond donors (Lipinski definition) is 1. The van der Waals surface area contributed by atoms with E-state index in [0.29, 0.717) is 29.9 Å². The zero-order valence-corrected chi connectivity index (χ0v) is 10.4. The van der Waals surface area contributed by atoms with Gasteiger partial charge in [-0.25, -0.2) is 4.98 Å². The predicted molar refractivity (Wildman–Crippen MR) is 63.2 cm³/mol. The Labute approximate surface area is 105 Å². The highest BCUT2D eigenvalue weighted by atomic mass is 35.5. The maximum Gasteiger partial charge on any atom is 0.245 e. The van der Waals surface area contributed by atoms with Crippen LogP contribution in [0.25, 0.3) is 0 Å². The second-order valence-electron chi connectivity index (χ2n) is 3.96. The van der Waals surface area contributed by atoms with Gasteiger partial charge in [0.05, 0.1) is 18.4 Å². The molecule has 94 valence electrons. The lowest BCUT2D eigenvalue weighted by Crippen LogP contribution is -2.35. The molecule has 1 aliphatic rings. The molecule has 0 unspecified atom stereocenters. The van der Waals surface area contributed by atoms with Crippen molar-refractivity contribution in [3.8, 4) is 0 Å². The molecule has 1 atom stereocenters. The minimum atomic E-state index is -0.197. The van der Waals surface area contributed by atoms with E-state index in [1.165, 1.54) is 0 Å². The first-order valence-electron chi connectivity index (χ1n) is 5.55. The smallest absolute Gasteiger partial charge is 0.245 e. The first-order chi connectivity index (χ1) is 8.20. The van der Waals surface area contributed by atoms with E-state index in [9.17, 15) is 0 Å². The van der Waals surface area contributed by atoms with Crippen molar-refractivity contribution in [2.75, 3.05) is 31.2 Å². The van der Waals surface area contributed by atoms with E-state index in [-0.39, 0.29) is 12.7 Å². The highest BCUT2D eigenvalue weighted by Gasteiger charge is 2.20. The van der Waals surface area contributed by atoms with Crippen LogP contribution >= 0.6 is 11.6 Å². The number of ether oxygens (including phenoxy) is 1. The highest BCUT2D eigenvalue weighted by molar-refractivity contribution is 6.29. The van der Waals surface area contributed by atoms with Gasteiger partial charge in [-0.2, -0.15) is 0 Å². The summed E-state index contributed by atoms with van der Waals surface area (Å²) in [7, 11) is 0. The molecule has 1 aliphatic heterocycles. The first kappa shape index (κ1) is 12.5. The summed E-state index contributed by atoms with van der Waals surface area (Å²) in [5, 5.41) is 17.3. The second-order valence-corrected chi connectivity index (χ2v) is 4.32. The fourth-order valence-corrected chi connectivity index (χ4v) is 1.78. The van der Waals surface area contributed by atoms with E-state index in [1.54, 1.807) is 6.92 Å². The second kappa shape index (κ2) is 5.57. The number of aryl methyl sites for hydroxylation is 1. The van der Waals surface area contributed by atoms with Gasteiger partial charge in [-0.3, -0.25) is 0 Å². The molecule has 1 aromatic heterocycles. The molecule has 7 heteroatoms. The largest absolute Gasteiger partial charge is 0.394 e. The third kappa shape index (κ3) is 3.02. The van der Waals surface area contributed by atoms with Crippen molar-refractivity contribution >= 4 is 17.5 Å². The zero-order valence-electron chi connectivity index (χ0n) is 9.64. The van der Waals surface area contributed by atoms with E-state index < -0.39 is 0 Å². The molecule has 0 amide bonds. The van der Waals surface area contributed by atoms with Crippen LogP contribution in [0.1, 0.15) is 12.1 Å². The van der Waals surface area contributed by atoms with Gasteiger partial charge < -0.3 is 14.7 Å². The average molecular weight is 259 g/mol. The van der Waals surface area contributed by atoms with Gasteiger partial charge in [-0.15, -0.1) is 10.2 Å². The minimum absolute atomic E-state index is 0.00347. The van der Waals surface area contributed by atoms with Crippen LogP contribution in [0.4, 0.5) is 5.95 Å². The number of aliphatic hydroxyl groups is 1. The molecule has 1 saturated heterocycles. The van der Waals surface area contributed by atoms with E-state index in [0.717, 1.165) is 13.0 Å². The summed E-state index contributed by atoms with van der Waals surface area (Å²) < 4.78 is 5.46. The van der Waals surface area contributed by atoms with Crippen molar-refractivity contribution in [1.29, 1.82) is 0 Å². The number of halogens is 1. The lowest BCUT2D eigenvalue weighted by Gasteiger charge is -2.22. The van der Waals surface area contributed by atoms with Crippen molar-refractivity contribution in [1.82, 2.24) is 15.2 Å². The van der Waals surface area contributed by atoms with Gasteiger partial charge in [0.15, 0.2) is 5.15 Å². The third-order valence-electron chi connectivity index (χ3n) is 2.63.